The Hall–Kier alpha value is -3.43. The molecule has 0 radical (unpaired) electrons. The fraction of sp³-hybridized carbons (Fsp3) is 0.391. The molecule has 1 amide bonds. The molecule has 10 heteroatoms. The summed E-state index contributed by atoms with van der Waals surface area (Å²) in [7, 11) is 0. The lowest BCUT2D eigenvalue weighted by Gasteiger charge is -2.39. The molecular formula is C23H26F3N5O2. The van der Waals surface area contributed by atoms with Gasteiger partial charge in [-0.25, -0.2) is 4.98 Å². The Balaban J connectivity index is 1.83. The van der Waals surface area contributed by atoms with E-state index in [-0.39, 0.29) is 17.8 Å². The van der Waals surface area contributed by atoms with Gasteiger partial charge in [0.2, 0.25) is 5.88 Å². The van der Waals surface area contributed by atoms with Gasteiger partial charge in [0.05, 0.1) is 17.2 Å². The molecule has 2 aromatic rings. The van der Waals surface area contributed by atoms with Gasteiger partial charge in [-0.1, -0.05) is 12.1 Å². The van der Waals surface area contributed by atoms with E-state index in [0.717, 1.165) is 17.8 Å². The minimum absolute atomic E-state index is 0.0877. The molecule has 0 unspecified atom stereocenters. The number of ether oxygens (including phenoxy) is 1. The van der Waals surface area contributed by atoms with Gasteiger partial charge >= 0.3 is 6.18 Å². The van der Waals surface area contributed by atoms with E-state index >= 15 is 0 Å². The van der Waals surface area contributed by atoms with Gasteiger partial charge in [-0.15, -0.1) is 0 Å². The number of alkyl halides is 3. The quantitative estimate of drug-likeness (QED) is 0.453. The highest BCUT2D eigenvalue weighted by molar-refractivity contribution is 6.00. The Bertz CT molecular complexity index is 1020. The maximum atomic E-state index is 13.5. The topological polar surface area (TPSA) is 70.4 Å². The molecule has 1 aromatic heterocycles. The average molecular weight is 461 g/mol. The van der Waals surface area contributed by atoms with Gasteiger partial charge in [-0.3, -0.25) is 4.79 Å². The standard InChI is InChI=1S/C23H26F3N5O2/c1-5-29-31(27-4)21-15(2)8-6-9-18(21)22(32)30-13-7-10-19(16(30)3)33-20-12-11-17(14-28-20)23(24,25)26/h5-6,8-9,11-12,14,16,19H,4,7,10,13H2,1-3H3/b29-5-/t16-,19+/m0/s1. The lowest BCUT2D eigenvalue weighted by atomic mass is 9.98. The van der Waals surface area contributed by atoms with Crippen LogP contribution in [0, 0.1) is 6.92 Å². The highest BCUT2D eigenvalue weighted by atomic mass is 19.4. The number of rotatable bonds is 6. The molecule has 0 N–H and O–H groups in total. The van der Waals surface area contributed by atoms with Crippen LogP contribution in [0.1, 0.15) is 48.2 Å². The minimum atomic E-state index is -4.46. The molecule has 1 aliphatic heterocycles. The number of benzene rings is 1. The third kappa shape index (κ3) is 5.32. The van der Waals surface area contributed by atoms with E-state index < -0.39 is 17.8 Å². The van der Waals surface area contributed by atoms with E-state index in [2.05, 4.69) is 21.9 Å². The number of aromatic nitrogens is 1. The predicted octanol–water partition coefficient (Wildman–Crippen LogP) is 4.91. The van der Waals surface area contributed by atoms with E-state index in [1.54, 1.807) is 30.2 Å². The van der Waals surface area contributed by atoms with E-state index in [0.29, 0.717) is 30.6 Å². The molecule has 1 aliphatic rings. The highest BCUT2D eigenvalue weighted by Gasteiger charge is 2.35. The van der Waals surface area contributed by atoms with Gasteiger partial charge in [-0.05, 0) is 51.3 Å². The van der Waals surface area contributed by atoms with Crippen LogP contribution in [-0.4, -0.2) is 47.4 Å². The Morgan fingerprint density at radius 3 is 2.70 bits per heavy atom. The molecule has 2 heterocycles. The lowest BCUT2D eigenvalue weighted by molar-refractivity contribution is -0.137. The van der Waals surface area contributed by atoms with Crippen LogP contribution in [0.15, 0.2) is 46.7 Å². The zero-order valence-electron chi connectivity index (χ0n) is 18.7. The van der Waals surface area contributed by atoms with Crippen molar-refractivity contribution in [2.45, 2.75) is 51.9 Å². The second-order valence-corrected chi connectivity index (χ2v) is 7.70. The van der Waals surface area contributed by atoms with Gasteiger partial charge in [-0.2, -0.15) is 28.5 Å². The third-order valence-electron chi connectivity index (χ3n) is 5.54. The molecule has 3 rings (SSSR count). The van der Waals surface area contributed by atoms with Crippen LogP contribution in [0.5, 0.6) is 5.88 Å². The number of carbonyl (C=O) groups excluding carboxylic acids is 1. The van der Waals surface area contributed by atoms with Gasteiger partial charge in [0.15, 0.2) is 0 Å². The van der Waals surface area contributed by atoms with Crippen LogP contribution in [0.2, 0.25) is 0 Å². The molecule has 33 heavy (non-hydrogen) atoms. The van der Waals surface area contributed by atoms with Crippen LogP contribution in [0.4, 0.5) is 18.9 Å². The normalized spacial score (nSPS) is 18.9. The second-order valence-electron chi connectivity index (χ2n) is 7.70. The minimum Gasteiger partial charge on any atom is -0.472 e. The molecule has 2 atom stereocenters. The summed E-state index contributed by atoms with van der Waals surface area (Å²) in [6.07, 6.45) is -1.25. The molecule has 7 nitrogen and oxygen atoms in total. The molecule has 1 saturated heterocycles. The van der Waals surface area contributed by atoms with Crippen molar-refractivity contribution in [2.75, 3.05) is 11.7 Å². The molecule has 0 saturated carbocycles. The summed E-state index contributed by atoms with van der Waals surface area (Å²) in [6, 6.07) is 7.16. The average Bonchev–Trinajstić information content (AvgIpc) is 2.78. The summed E-state index contributed by atoms with van der Waals surface area (Å²) in [5.41, 5.74) is 0.930. The van der Waals surface area contributed by atoms with Crippen molar-refractivity contribution in [3.8, 4) is 5.88 Å². The molecule has 0 bridgehead atoms. The number of para-hydroxylation sites is 1. The monoisotopic (exact) mass is 461 g/mol. The molecular weight excluding hydrogens is 435 g/mol. The van der Waals surface area contributed by atoms with Gasteiger partial charge < -0.3 is 9.64 Å². The zero-order chi connectivity index (χ0) is 24.2. The second kappa shape index (κ2) is 10.0. The van der Waals surface area contributed by atoms with Crippen molar-refractivity contribution in [3.05, 3.63) is 53.2 Å². The van der Waals surface area contributed by atoms with E-state index in [4.69, 9.17) is 4.74 Å². The number of piperidine rings is 1. The summed E-state index contributed by atoms with van der Waals surface area (Å²) in [4.78, 5) is 19.0. The molecule has 0 spiro atoms. The number of pyridine rings is 1. The number of carbonyl (C=O) groups is 1. The van der Waals surface area contributed by atoms with Crippen molar-refractivity contribution >= 4 is 24.5 Å². The lowest BCUT2D eigenvalue weighted by Crippen LogP contribution is -2.51. The van der Waals surface area contributed by atoms with Crippen molar-refractivity contribution in [1.29, 1.82) is 0 Å². The number of amides is 1. The Kier molecular flexibility index (Phi) is 7.35. The Morgan fingerprint density at radius 2 is 2.09 bits per heavy atom. The zero-order valence-corrected chi connectivity index (χ0v) is 18.7. The van der Waals surface area contributed by atoms with Crippen LogP contribution in [0.3, 0.4) is 0 Å². The van der Waals surface area contributed by atoms with Crippen molar-refractivity contribution in [2.24, 2.45) is 10.2 Å². The molecule has 176 valence electrons. The van der Waals surface area contributed by atoms with Crippen molar-refractivity contribution < 1.29 is 22.7 Å². The Morgan fingerprint density at radius 1 is 1.33 bits per heavy atom. The van der Waals surface area contributed by atoms with Gasteiger partial charge in [0.1, 0.15) is 11.8 Å². The maximum Gasteiger partial charge on any atom is 0.417 e. The largest absolute Gasteiger partial charge is 0.472 e. The first kappa shape index (κ1) is 24.2. The fourth-order valence-electron chi connectivity index (χ4n) is 3.85. The summed E-state index contributed by atoms with van der Waals surface area (Å²) in [6.45, 7) is 9.52. The number of halogens is 3. The third-order valence-corrected chi connectivity index (χ3v) is 5.54. The molecule has 0 aliphatic carbocycles. The first-order chi connectivity index (χ1) is 15.7. The number of hydrazone groups is 2. The van der Waals surface area contributed by atoms with Crippen LogP contribution in [0.25, 0.3) is 0 Å². The highest BCUT2D eigenvalue weighted by Crippen LogP contribution is 2.32. The number of likely N-dealkylation sites (tertiary alicyclic amines) is 1. The first-order valence-electron chi connectivity index (χ1n) is 10.5. The molecule has 1 fully saturated rings. The van der Waals surface area contributed by atoms with E-state index in [9.17, 15) is 18.0 Å². The first-order valence-corrected chi connectivity index (χ1v) is 10.5. The number of aryl methyl sites for hydroxylation is 1. The predicted molar refractivity (Wildman–Crippen MR) is 121 cm³/mol. The summed E-state index contributed by atoms with van der Waals surface area (Å²) < 4.78 is 44.2. The maximum absolute atomic E-state index is 13.5. The van der Waals surface area contributed by atoms with Crippen molar-refractivity contribution in [3.63, 3.8) is 0 Å². The number of hydrogen-bond donors (Lipinski definition) is 0. The number of nitrogens with zero attached hydrogens (tertiary/aromatic N) is 5. The summed E-state index contributed by atoms with van der Waals surface area (Å²) >= 11 is 0. The smallest absolute Gasteiger partial charge is 0.417 e. The van der Waals surface area contributed by atoms with Crippen LogP contribution in [-0.2, 0) is 6.18 Å². The van der Waals surface area contributed by atoms with Gasteiger partial charge in [0.25, 0.3) is 5.91 Å². The van der Waals surface area contributed by atoms with Gasteiger partial charge in [0, 0.05) is 31.7 Å². The summed E-state index contributed by atoms with van der Waals surface area (Å²) in [5, 5.41) is 9.40. The van der Waals surface area contributed by atoms with Crippen LogP contribution >= 0.6 is 0 Å². The van der Waals surface area contributed by atoms with Crippen molar-refractivity contribution in [1.82, 2.24) is 9.88 Å². The number of hydrogen-bond acceptors (Lipinski definition) is 6. The number of anilines is 1. The summed E-state index contributed by atoms with van der Waals surface area (Å²) in [5.74, 6) is -0.125. The molecule has 1 aromatic carbocycles. The van der Waals surface area contributed by atoms with E-state index in [1.165, 1.54) is 11.2 Å². The Labute approximate surface area is 190 Å². The SMILES string of the molecule is C=NN(/N=C\C)c1c(C)cccc1C(=O)N1CCC[C@@H](Oc2ccc(C(F)(F)F)cn2)[C@@H]1C. The van der Waals surface area contributed by atoms with Crippen LogP contribution < -0.4 is 9.85 Å². The fourth-order valence-corrected chi connectivity index (χ4v) is 3.85. The van der Waals surface area contributed by atoms with E-state index in [1.807, 2.05) is 19.9 Å².